The summed E-state index contributed by atoms with van der Waals surface area (Å²) in [6.45, 7) is 11.2. The number of nitrogens with zero attached hydrogens (tertiary/aromatic N) is 1. The molecule has 0 saturated heterocycles. The topological polar surface area (TPSA) is 16.4 Å². The predicted octanol–water partition coefficient (Wildman–Crippen LogP) is 9.80. The van der Waals surface area contributed by atoms with Crippen LogP contribution in [0.15, 0.2) is 71.1 Å². The van der Waals surface area contributed by atoms with E-state index in [1.807, 2.05) is 20.8 Å². The summed E-state index contributed by atoms with van der Waals surface area (Å²) >= 11 is 13.4. The van der Waals surface area contributed by atoms with Crippen molar-refractivity contribution in [3.8, 4) is 0 Å². The van der Waals surface area contributed by atoms with E-state index in [0.29, 0.717) is 5.56 Å². The zero-order valence-electron chi connectivity index (χ0n) is 27.8. The van der Waals surface area contributed by atoms with Crippen molar-refractivity contribution in [3.05, 3.63) is 87.9 Å². The van der Waals surface area contributed by atoms with Crippen LogP contribution in [-0.4, -0.2) is 0 Å². The van der Waals surface area contributed by atoms with E-state index in [0.717, 1.165) is 0 Å². The SMILES string of the molecule is [2H]c1oc2c([2H])c([2H])c(C(C)(C)C)c([2H])c2c1N(c1cc(C(C)(C)C)cc(Cl)c1Cl)c1c([2H])c([2H])c([2H])c([2H])c1[2H]. The highest BCUT2D eigenvalue weighted by molar-refractivity contribution is 6.44. The lowest BCUT2D eigenvalue weighted by molar-refractivity contribution is 0.589. The van der Waals surface area contributed by atoms with Crippen LogP contribution in [0.3, 0.4) is 0 Å². The molecular formula is C28H29Cl2NO. The number of fused-ring (bicyclic) bond motifs is 1. The molecule has 1 aromatic heterocycles. The Balaban J connectivity index is 2.32. The van der Waals surface area contributed by atoms with Crippen LogP contribution in [0.1, 0.15) is 65.0 Å². The van der Waals surface area contributed by atoms with Gasteiger partial charge in [-0.3, -0.25) is 0 Å². The average Bonchev–Trinajstić information content (AvgIpc) is 3.20. The number of para-hydroxylation sites is 1. The third-order valence-electron chi connectivity index (χ3n) is 5.06. The molecule has 1 heterocycles. The van der Waals surface area contributed by atoms with Gasteiger partial charge in [-0.2, -0.15) is 0 Å². The largest absolute Gasteiger partial charge is 0.462 e. The van der Waals surface area contributed by atoms with Gasteiger partial charge < -0.3 is 9.32 Å². The smallest absolute Gasteiger partial charge is 0.136 e. The minimum absolute atomic E-state index is 0.0222. The second-order valence-corrected chi connectivity index (χ2v) is 10.4. The van der Waals surface area contributed by atoms with E-state index in [-0.39, 0.29) is 61.8 Å². The summed E-state index contributed by atoms with van der Waals surface area (Å²) in [5, 5.41) is 0.0778. The second kappa shape index (κ2) is 8.17. The Bertz CT molecular complexity index is 1710. The fraction of sp³-hybridized carbons (Fsp3) is 0.286. The van der Waals surface area contributed by atoms with Crippen molar-refractivity contribution in [1.29, 1.82) is 0 Å². The molecule has 0 aliphatic rings. The maximum absolute atomic E-state index is 9.14. The van der Waals surface area contributed by atoms with Gasteiger partial charge in [0.15, 0.2) is 0 Å². The molecule has 0 bridgehead atoms. The zero-order chi connectivity index (χ0) is 31.1. The van der Waals surface area contributed by atoms with Gasteiger partial charge >= 0.3 is 0 Å². The molecule has 4 rings (SSSR count). The van der Waals surface area contributed by atoms with Crippen molar-refractivity contribution in [2.75, 3.05) is 4.90 Å². The summed E-state index contributed by atoms with van der Waals surface area (Å²) in [6.07, 6.45) is -0.548. The number of hydrogen-bond donors (Lipinski definition) is 0. The van der Waals surface area contributed by atoms with Gasteiger partial charge in [0, 0.05) is 11.1 Å². The minimum atomic E-state index is -0.746. The highest BCUT2D eigenvalue weighted by Crippen LogP contribution is 2.46. The van der Waals surface area contributed by atoms with Crippen LogP contribution in [-0.2, 0) is 10.8 Å². The maximum atomic E-state index is 9.14. The summed E-state index contributed by atoms with van der Waals surface area (Å²) in [6, 6.07) is -0.416. The van der Waals surface area contributed by atoms with Crippen LogP contribution in [0.25, 0.3) is 11.0 Å². The molecule has 4 heteroatoms. The van der Waals surface area contributed by atoms with Gasteiger partial charge in [0.2, 0.25) is 0 Å². The Hall–Kier alpha value is -2.42. The summed E-state index contributed by atoms with van der Waals surface area (Å²) in [5.41, 5.74) is -0.882. The minimum Gasteiger partial charge on any atom is -0.462 e. The van der Waals surface area contributed by atoms with Gasteiger partial charge in [-0.1, -0.05) is 88.9 Å². The van der Waals surface area contributed by atoms with Crippen molar-refractivity contribution in [1.82, 2.24) is 0 Å². The van der Waals surface area contributed by atoms with Crippen LogP contribution < -0.4 is 4.90 Å². The molecule has 0 saturated carbocycles. The fourth-order valence-corrected chi connectivity index (χ4v) is 3.61. The first-order valence-corrected chi connectivity index (χ1v) is 10.9. The summed E-state index contributed by atoms with van der Waals surface area (Å²) < 4.78 is 83.2. The molecule has 4 aromatic rings. The Kier molecular flexibility index (Phi) is 3.57. The molecule has 0 unspecified atom stereocenters. The van der Waals surface area contributed by atoms with Crippen molar-refractivity contribution >= 4 is 51.2 Å². The van der Waals surface area contributed by atoms with Crippen LogP contribution in [0.5, 0.6) is 0 Å². The van der Waals surface area contributed by atoms with Gasteiger partial charge in [0.05, 0.1) is 32.4 Å². The average molecular weight is 476 g/mol. The quantitative estimate of drug-likeness (QED) is 0.293. The number of furan rings is 1. The Morgan fingerprint density at radius 3 is 2.09 bits per heavy atom. The highest BCUT2D eigenvalue weighted by atomic mass is 35.5. The molecule has 0 aliphatic heterocycles. The molecule has 32 heavy (non-hydrogen) atoms. The van der Waals surface area contributed by atoms with Crippen molar-refractivity contribution in [2.45, 2.75) is 52.4 Å². The Morgan fingerprint density at radius 1 is 0.812 bits per heavy atom. The lowest BCUT2D eigenvalue weighted by atomic mass is 9.86. The lowest BCUT2D eigenvalue weighted by Crippen LogP contribution is -2.15. The van der Waals surface area contributed by atoms with Crippen LogP contribution >= 0.6 is 23.2 Å². The molecule has 2 nitrogen and oxygen atoms in total. The van der Waals surface area contributed by atoms with Crippen molar-refractivity contribution in [3.63, 3.8) is 0 Å². The first kappa shape index (κ1) is 14.0. The third-order valence-corrected chi connectivity index (χ3v) is 5.86. The second-order valence-electron chi connectivity index (χ2n) is 9.61. The predicted molar refractivity (Wildman–Crippen MR) is 138 cm³/mol. The summed E-state index contributed by atoms with van der Waals surface area (Å²) in [7, 11) is 0. The van der Waals surface area contributed by atoms with E-state index in [9.17, 15) is 0 Å². The molecule has 0 atom stereocenters. The molecule has 0 radical (unpaired) electrons. The third kappa shape index (κ3) is 4.27. The van der Waals surface area contributed by atoms with Gasteiger partial charge in [0.1, 0.15) is 13.2 Å². The Labute approximate surface area is 213 Å². The lowest BCUT2D eigenvalue weighted by Gasteiger charge is -2.29. The standard InChI is InChI=1S/C28H29Cl2NO/c1-27(2,3)18-12-13-25-21(14-18)24(17-32-25)31(20-10-8-7-9-11-20)23-16-19(28(4,5)6)15-22(29)26(23)30/h7-17H,1-6H3/i7D,8D,9D,10D,11D,12D,13D,14D,17D. The Morgan fingerprint density at radius 2 is 1.47 bits per heavy atom. The van der Waals surface area contributed by atoms with Crippen LogP contribution in [0, 0.1) is 0 Å². The van der Waals surface area contributed by atoms with E-state index < -0.39 is 47.3 Å². The molecule has 0 spiro atoms. The number of anilines is 3. The van der Waals surface area contributed by atoms with E-state index >= 15 is 0 Å². The van der Waals surface area contributed by atoms with Crippen molar-refractivity contribution in [2.24, 2.45) is 0 Å². The molecule has 0 fully saturated rings. The van der Waals surface area contributed by atoms with Gasteiger partial charge in [-0.15, -0.1) is 0 Å². The number of hydrogen-bond acceptors (Lipinski definition) is 2. The number of rotatable bonds is 3. The van der Waals surface area contributed by atoms with E-state index in [1.54, 1.807) is 32.9 Å². The maximum Gasteiger partial charge on any atom is 0.136 e. The van der Waals surface area contributed by atoms with Gasteiger partial charge in [-0.05, 0) is 58.3 Å². The van der Waals surface area contributed by atoms with E-state index in [1.165, 1.54) is 4.90 Å². The number of benzene rings is 3. The summed E-state index contributed by atoms with van der Waals surface area (Å²) in [4.78, 5) is 1.20. The first-order chi connectivity index (χ1) is 18.7. The molecule has 0 N–H and O–H groups in total. The number of halogens is 2. The molecule has 0 aliphatic carbocycles. The van der Waals surface area contributed by atoms with Crippen LogP contribution in [0.2, 0.25) is 10.0 Å². The normalized spacial score (nSPS) is 16.3. The van der Waals surface area contributed by atoms with E-state index in [4.69, 9.17) is 40.0 Å². The van der Waals surface area contributed by atoms with Crippen LogP contribution in [0.4, 0.5) is 17.1 Å². The fourth-order valence-electron chi connectivity index (χ4n) is 3.20. The van der Waals surface area contributed by atoms with E-state index in [2.05, 4.69) is 0 Å². The highest BCUT2D eigenvalue weighted by Gasteiger charge is 2.25. The monoisotopic (exact) mass is 474 g/mol. The summed E-state index contributed by atoms with van der Waals surface area (Å²) in [5.74, 6) is 0. The zero-order valence-corrected chi connectivity index (χ0v) is 20.3. The molecule has 0 amide bonds. The molecular weight excluding hydrogens is 437 g/mol. The van der Waals surface area contributed by atoms with Gasteiger partial charge in [-0.25, -0.2) is 0 Å². The van der Waals surface area contributed by atoms with Crippen molar-refractivity contribution < 1.29 is 16.8 Å². The first-order valence-electron chi connectivity index (χ1n) is 14.6. The molecule has 166 valence electrons. The molecule has 3 aromatic carbocycles. The van der Waals surface area contributed by atoms with Gasteiger partial charge in [0.25, 0.3) is 0 Å².